The van der Waals surface area contributed by atoms with Crippen LogP contribution in [0.5, 0.6) is 0 Å². The Morgan fingerprint density at radius 3 is 2.67 bits per heavy atom. The average Bonchev–Trinajstić information content (AvgIpc) is 2.35. The van der Waals surface area contributed by atoms with Gasteiger partial charge in [0.15, 0.2) is 0 Å². The van der Waals surface area contributed by atoms with Crippen molar-refractivity contribution in [2.45, 2.75) is 24.3 Å². The molecule has 1 rings (SSSR count). The molecule has 0 saturated carbocycles. The minimum absolute atomic E-state index is 0.00865. The fraction of sp³-hybridized carbons (Fsp3) is 0.364. The van der Waals surface area contributed by atoms with Gasteiger partial charge in [0.1, 0.15) is 4.90 Å². The van der Waals surface area contributed by atoms with Gasteiger partial charge in [-0.3, -0.25) is 0 Å². The van der Waals surface area contributed by atoms with Gasteiger partial charge in [0.05, 0.1) is 23.9 Å². The minimum Gasteiger partial charge on any atom is -0.398 e. The molecule has 6 nitrogen and oxygen atoms in total. The molecular weight excluding hydrogens is 254 g/mol. The second kappa shape index (κ2) is 5.82. The number of hydrogen-bond donors (Lipinski definition) is 3. The first kappa shape index (κ1) is 14.4. The lowest BCUT2D eigenvalue weighted by molar-refractivity contribution is 0.254. The molecule has 0 spiro atoms. The molecule has 0 aliphatic carbocycles. The van der Waals surface area contributed by atoms with Gasteiger partial charge in [-0.1, -0.05) is 6.92 Å². The number of aliphatic hydroxyl groups is 1. The van der Waals surface area contributed by atoms with E-state index in [2.05, 4.69) is 4.72 Å². The highest BCUT2D eigenvalue weighted by molar-refractivity contribution is 7.89. The third kappa shape index (κ3) is 3.20. The van der Waals surface area contributed by atoms with Crippen molar-refractivity contribution in [3.63, 3.8) is 0 Å². The Morgan fingerprint density at radius 1 is 1.56 bits per heavy atom. The van der Waals surface area contributed by atoms with E-state index >= 15 is 0 Å². The largest absolute Gasteiger partial charge is 0.398 e. The van der Waals surface area contributed by atoms with Crippen LogP contribution < -0.4 is 10.5 Å². The molecule has 98 valence electrons. The SMILES string of the molecule is CC[C@@H](CO)NS(=O)(=O)c1ccc(C#N)cc1N. The summed E-state index contributed by atoms with van der Waals surface area (Å²) in [5, 5.41) is 17.7. The van der Waals surface area contributed by atoms with Crippen molar-refractivity contribution >= 4 is 15.7 Å². The number of nitrogen functional groups attached to an aromatic ring is 1. The van der Waals surface area contributed by atoms with E-state index in [0.29, 0.717) is 12.0 Å². The lowest BCUT2D eigenvalue weighted by Crippen LogP contribution is -2.37. The van der Waals surface area contributed by atoms with E-state index in [0.717, 1.165) is 0 Å². The van der Waals surface area contributed by atoms with Crippen LogP contribution in [-0.2, 0) is 10.0 Å². The molecule has 0 aliphatic heterocycles. The molecule has 0 fully saturated rings. The van der Waals surface area contributed by atoms with Gasteiger partial charge in [0.2, 0.25) is 10.0 Å². The van der Waals surface area contributed by atoms with E-state index in [-0.39, 0.29) is 17.2 Å². The lowest BCUT2D eigenvalue weighted by atomic mass is 10.2. The zero-order valence-corrected chi connectivity index (χ0v) is 10.7. The van der Waals surface area contributed by atoms with Crippen LogP contribution in [0.2, 0.25) is 0 Å². The first-order valence-electron chi connectivity index (χ1n) is 5.37. The van der Waals surface area contributed by atoms with Crippen LogP contribution in [0.25, 0.3) is 0 Å². The number of rotatable bonds is 5. The smallest absolute Gasteiger partial charge is 0.242 e. The molecule has 0 unspecified atom stereocenters. The van der Waals surface area contributed by atoms with Gasteiger partial charge in [0.25, 0.3) is 0 Å². The molecule has 18 heavy (non-hydrogen) atoms. The predicted molar refractivity (Wildman–Crippen MR) is 67.1 cm³/mol. The van der Waals surface area contributed by atoms with Gasteiger partial charge in [0, 0.05) is 6.04 Å². The third-order valence-electron chi connectivity index (χ3n) is 2.46. The number of sulfonamides is 1. The van der Waals surface area contributed by atoms with Gasteiger partial charge >= 0.3 is 0 Å². The summed E-state index contributed by atoms with van der Waals surface area (Å²) in [6.07, 6.45) is 0.464. The maximum Gasteiger partial charge on any atom is 0.242 e. The van der Waals surface area contributed by atoms with Crippen molar-refractivity contribution in [3.05, 3.63) is 23.8 Å². The fourth-order valence-electron chi connectivity index (χ4n) is 1.40. The summed E-state index contributed by atoms with van der Waals surface area (Å²) in [4.78, 5) is -0.0894. The van der Waals surface area contributed by atoms with E-state index in [1.54, 1.807) is 6.92 Å². The highest BCUT2D eigenvalue weighted by atomic mass is 32.2. The summed E-state index contributed by atoms with van der Waals surface area (Å²) in [6, 6.07) is 5.28. The van der Waals surface area contributed by atoms with Gasteiger partial charge in [-0.15, -0.1) is 0 Å². The van der Waals surface area contributed by atoms with Crippen LogP contribution in [0.15, 0.2) is 23.1 Å². The van der Waals surface area contributed by atoms with E-state index in [9.17, 15) is 8.42 Å². The Bertz CT molecular complexity index is 559. The van der Waals surface area contributed by atoms with Crippen LogP contribution in [0, 0.1) is 11.3 Å². The first-order chi connectivity index (χ1) is 8.44. The molecule has 0 saturated heterocycles. The van der Waals surface area contributed by atoms with Crippen molar-refractivity contribution in [2.75, 3.05) is 12.3 Å². The molecule has 0 aliphatic rings. The molecule has 0 radical (unpaired) electrons. The fourth-order valence-corrected chi connectivity index (χ4v) is 2.82. The van der Waals surface area contributed by atoms with Crippen molar-refractivity contribution in [1.82, 2.24) is 4.72 Å². The molecule has 7 heteroatoms. The molecule has 4 N–H and O–H groups in total. The summed E-state index contributed by atoms with van der Waals surface area (Å²) >= 11 is 0. The zero-order chi connectivity index (χ0) is 13.8. The number of nitriles is 1. The maximum atomic E-state index is 12.0. The Balaban J connectivity index is 3.10. The Kier molecular flexibility index (Phi) is 4.67. The molecule has 1 aromatic rings. The van der Waals surface area contributed by atoms with E-state index in [1.165, 1.54) is 18.2 Å². The van der Waals surface area contributed by atoms with E-state index in [4.69, 9.17) is 16.1 Å². The zero-order valence-electron chi connectivity index (χ0n) is 9.92. The van der Waals surface area contributed by atoms with Crippen LogP contribution >= 0.6 is 0 Å². The van der Waals surface area contributed by atoms with Crippen molar-refractivity contribution in [3.8, 4) is 6.07 Å². The highest BCUT2D eigenvalue weighted by Gasteiger charge is 2.21. The maximum absolute atomic E-state index is 12.0. The topological polar surface area (TPSA) is 116 Å². The number of hydrogen-bond acceptors (Lipinski definition) is 5. The third-order valence-corrected chi connectivity index (χ3v) is 4.06. The summed E-state index contributed by atoms with van der Waals surface area (Å²) in [6.45, 7) is 1.47. The monoisotopic (exact) mass is 269 g/mol. The Morgan fingerprint density at radius 2 is 2.22 bits per heavy atom. The Labute approximate surface area is 106 Å². The number of aliphatic hydroxyl groups excluding tert-OH is 1. The molecular formula is C11H15N3O3S. The van der Waals surface area contributed by atoms with Gasteiger partial charge in [-0.2, -0.15) is 5.26 Å². The second-order valence-electron chi connectivity index (χ2n) is 3.77. The summed E-state index contributed by atoms with van der Waals surface area (Å²) in [5.41, 5.74) is 5.91. The number of benzene rings is 1. The van der Waals surface area contributed by atoms with Crippen molar-refractivity contribution in [1.29, 1.82) is 5.26 Å². The van der Waals surface area contributed by atoms with Gasteiger partial charge in [-0.25, -0.2) is 13.1 Å². The number of anilines is 1. The van der Waals surface area contributed by atoms with E-state index in [1.807, 2.05) is 6.07 Å². The second-order valence-corrected chi connectivity index (χ2v) is 5.46. The normalized spacial score (nSPS) is 12.9. The first-order valence-corrected chi connectivity index (χ1v) is 6.85. The highest BCUT2D eigenvalue weighted by Crippen LogP contribution is 2.19. The molecule has 1 aromatic carbocycles. The molecule has 0 aromatic heterocycles. The quantitative estimate of drug-likeness (QED) is 0.660. The minimum atomic E-state index is -3.78. The van der Waals surface area contributed by atoms with Crippen LogP contribution in [0.4, 0.5) is 5.69 Å². The van der Waals surface area contributed by atoms with Gasteiger partial charge < -0.3 is 10.8 Å². The lowest BCUT2D eigenvalue weighted by Gasteiger charge is -2.15. The van der Waals surface area contributed by atoms with Crippen LogP contribution in [-0.4, -0.2) is 26.2 Å². The van der Waals surface area contributed by atoms with E-state index < -0.39 is 16.1 Å². The van der Waals surface area contributed by atoms with Gasteiger partial charge in [-0.05, 0) is 24.6 Å². The number of nitrogens with one attached hydrogen (secondary N) is 1. The van der Waals surface area contributed by atoms with Crippen LogP contribution in [0.3, 0.4) is 0 Å². The predicted octanol–water partition coefficient (Wildman–Crippen LogP) is 0.190. The number of nitrogens with two attached hydrogens (primary N) is 1. The summed E-state index contributed by atoms with van der Waals surface area (Å²) < 4.78 is 26.3. The molecule has 0 bridgehead atoms. The molecule has 0 heterocycles. The number of nitrogens with zero attached hydrogens (tertiary/aromatic N) is 1. The average molecular weight is 269 g/mol. The Hall–Kier alpha value is -1.62. The summed E-state index contributed by atoms with van der Waals surface area (Å²) in [5.74, 6) is 0. The summed E-state index contributed by atoms with van der Waals surface area (Å²) in [7, 11) is -3.78. The standard InChI is InChI=1S/C11H15N3O3S/c1-2-9(7-15)14-18(16,17)11-4-3-8(6-12)5-10(11)13/h3-5,9,14-15H,2,7,13H2,1H3/t9-/m0/s1. The van der Waals surface area contributed by atoms with Crippen molar-refractivity contribution < 1.29 is 13.5 Å². The molecule has 0 amide bonds. The van der Waals surface area contributed by atoms with Crippen LogP contribution in [0.1, 0.15) is 18.9 Å². The van der Waals surface area contributed by atoms with Crippen molar-refractivity contribution in [2.24, 2.45) is 0 Å². The molecule has 1 atom stereocenters.